The van der Waals surface area contributed by atoms with E-state index in [-0.39, 0.29) is 0 Å². The van der Waals surface area contributed by atoms with Crippen molar-refractivity contribution in [1.82, 2.24) is 0 Å². The molecule has 2 rings (SSSR count). The lowest BCUT2D eigenvalue weighted by molar-refractivity contribution is 0.0697. The van der Waals surface area contributed by atoms with Gasteiger partial charge in [0.1, 0.15) is 0 Å². The van der Waals surface area contributed by atoms with Gasteiger partial charge in [-0.1, -0.05) is 50.5 Å². The predicted octanol–water partition coefficient (Wildman–Crippen LogP) is 4.66. The summed E-state index contributed by atoms with van der Waals surface area (Å²) in [7, 11) is 0. The molecule has 1 N–H and O–H groups in total. The SMILES string of the molecule is CCCCCCc1ccc2cc(C(=O)O)ccc2c1. The number of benzene rings is 2. The first kappa shape index (κ1) is 13.6. The first-order chi connectivity index (χ1) is 9.20. The van der Waals surface area contributed by atoms with Crippen molar-refractivity contribution in [3.63, 3.8) is 0 Å². The van der Waals surface area contributed by atoms with Gasteiger partial charge in [0.15, 0.2) is 0 Å². The highest BCUT2D eigenvalue weighted by Crippen LogP contribution is 2.19. The number of aromatic carboxylic acids is 1. The van der Waals surface area contributed by atoms with Crippen LogP contribution in [0.2, 0.25) is 0 Å². The largest absolute Gasteiger partial charge is 0.478 e. The van der Waals surface area contributed by atoms with E-state index in [0.29, 0.717) is 5.56 Å². The third kappa shape index (κ3) is 3.57. The molecule has 0 aromatic heterocycles. The van der Waals surface area contributed by atoms with Crippen LogP contribution in [0, 0.1) is 0 Å². The standard InChI is InChI=1S/C17H20O2/c1-2-3-4-5-6-13-7-8-15-12-16(17(18)19)10-9-14(15)11-13/h7-12H,2-6H2,1H3,(H,18,19). The second-order valence-electron chi connectivity index (χ2n) is 5.01. The molecule has 0 spiro atoms. The van der Waals surface area contributed by atoms with E-state index in [4.69, 9.17) is 5.11 Å². The van der Waals surface area contributed by atoms with Crippen molar-refractivity contribution < 1.29 is 9.90 Å². The van der Waals surface area contributed by atoms with Crippen LogP contribution in [0.1, 0.15) is 48.5 Å². The third-order valence-electron chi connectivity index (χ3n) is 3.47. The van der Waals surface area contributed by atoms with Gasteiger partial charge in [-0.2, -0.15) is 0 Å². The Morgan fingerprint density at radius 2 is 1.74 bits per heavy atom. The first-order valence-electron chi connectivity index (χ1n) is 6.96. The fourth-order valence-corrected chi connectivity index (χ4v) is 2.34. The molecular formula is C17H20O2. The quantitative estimate of drug-likeness (QED) is 0.763. The van der Waals surface area contributed by atoms with Crippen molar-refractivity contribution in [2.75, 3.05) is 0 Å². The van der Waals surface area contributed by atoms with Gasteiger partial charge in [-0.15, -0.1) is 0 Å². The molecule has 0 saturated heterocycles. The van der Waals surface area contributed by atoms with Gasteiger partial charge in [0.25, 0.3) is 0 Å². The molecule has 0 radical (unpaired) electrons. The van der Waals surface area contributed by atoms with Crippen LogP contribution in [-0.2, 0) is 6.42 Å². The molecule has 2 heteroatoms. The molecule has 0 bridgehead atoms. The van der Waals surface area contributed by atoms with Gasteiger partial charge in [-0.3, -0.25) is 0 Å². The Balaban J connectivity index is 2.12. The number of hydrogen-bond donors (Lipinski definition) is 1. The van der Waals surface area contributed by atoms with Gasteiger partial charge >= 0.3 is 5.97 Å². The number of rotatable bonds is 6. The zero-order chi connectivity index (χ0) is 13.7. The average Bonchev–Trinajstić information content (AvgIpc) is 2.43. The van der Waals surface area contributed by atoms with Crippen LogP contribution in [0.3, 0.4) is 0 Å². The molecule has 19 heavy (non-hydrogen) atoms. The van der Waals surface area contributed by atoms with E-state index in [1.807, 2.05) is 12.1 Å². The highest BCUT2D eigenvalue weighted by molar-refractivity contribution is 5.94. The van der Waals surface area contributed by atoms with E-state index < -0.39 is 5.97 Å². The van der Waals surface area contributed by atoms with Crippen LogP contribution < -0.4 is 0 Å². The van der Waals surface area contributed by atoms with E-state index >= 15 is 0 Å². The number of carboxylic acid groups (broad SMARTS) is 1. The normalized spacial score (nSPS) is 10.8. The Kier molecular flexibility index (Phi) is 4.56. The summed E-state index contributed by atoms with van der Waals surface area (Å²) in [4.78, 5) is 10.9. The summed E-state index contributed by atoms with van der Waals surface area (Å²) in [5, 5.41) is 11.1. The lowest BCUT2D eigenvalue weighted by Crippen LogP contribution is -1.95. The fraction of sp³-hybridized carbons (Fsp3) is 0.353. The molecule has 100 valence electrons. The number of fused-ring (bicyclic) bond motifs is 1. The van der Waals surface area contributed by atoms with E-state index in [2.05, 4.69) is 19.1 Å². The van der Waals surface area contributed by atoms with Gasteiger partial charge < -0.3 is 5.11 Å². The van der Waals surface area contributed by atoms with Crippen molar-refractivity contribution in [2.24, 2.45) is 0 Å². The van der Waals surface area contributed by atoms with E-state index in [1.54, 1.807) is 12.1 Å². The zero-order valence-electron chi connectivity index (χ0n) is 11.4. The number of hydrogen-bond acceptors (Lipinski definition) is 1. The minimum Gasteiger partial charge on any atom is -0.478 e. The third-order valence-corrected chi connectivity index (χ3v) is 3.47. The lowest BCUT2D eigenvalue weighted by Gasteiger charge is -2.05. The Morgan fingerprint density at radius 1 is 1.00 bits per heavy atom. The highest BCUT2D eigenvalue weighted by Gasteiger charge is 2.04. The molecule has 0 fully saturated rings. The van der Waals surface area contributed by atoms with Crippen molar-refractivity contribution in [3.8, 4) is 0 Å². The van der Waals surface area contributed by atoms with Crippen LogP contribution in [0.5, 0.6) is 0 Å². The van der Waals surface area contributed by atoms with Crippen LogP contribution in [-0.4, -0.2) is 11.1 Å². The van der Waals surface area contributed by atoms with Crippen LogP contribution in [0.15, 0.2) is 36.4 Å². The summed E-state index contributed by atoms with van der Waals surface area (Å²) in [6, 6.07) is 11.6. The van der Waals surface area contributed by atoms with E-state index in [1.165, 1.54) is 31.2 Å². The van der Waals surface area contributed by atoms with Gasteiger partial charge in [0.2, 0.25) is 0 Å². The minimum atomic E-state index is -0.870. The van der Waals surface area contributed by atoms with Crippen molar-refractivity contribution in [1.29, 1.82) is 0 Å². The van der Waals surface area contributed by atoms with Crippen molar-refractivity contribution in [2.45, 2.75) is 39.0 Å². The maximum atomic E-state index is 10.9. The Labute approximate surface area is 114 Å². The number of carbonyl (C=O) groups is 1. The maximum absolute atomic E-state index is 10.9. The molecule has 0 heterocycles. The van der Waals surface area contributed by atoms with Crippen LogP contribution >= 0.6 is 0 Å². The Bertz CT molecular complexity index is 572. The first-order valence-corrected chi connectivity index (χ1v) is 6.96. The predicted molar refractivity (Wildman–Crippen MR) is 78.8 cm³/mol. The average molecular weight is 256 g/mol. The molecule has 2 aromatic rings. The molecule has 0 aliphatic carbocycles. The minimum absolute atomic E-state index is 0.350. The summed E-state index contributed by atoms with van der Waals surface area (Å²) in [6.07, 6.45) is 6.18. The number of carboxylic acids is 1. The summed E-state index contributed by atoms with van der Waals surface area (Å²) in [5.74, 6) is -0.870. The highest BCUT2D eigenvalue weighted by atomic mass is 16.4. The van der Waals surface area contributed by atoms with Crippen LogP contribution in [0.4, 0.5) is 0 Å². The second kappa shape index (κ2) is 6.37. The van der Waals surface area contributed by atoms with E-state index in [9.17, 15) is 4.79 Å². The van der Waals surface area contributed by atoms with Gasteiger partial charge in [-0.25, -0.2) is 4.79 Å². The van der Waals surface area contributed by atoms with Gasteiger partial charge in [-0.05, 0) is 41.3 Å². The summed E-state index contributed by atoms with van der Waals surface area (Å²) >= 11 is 0. The van der Waals surface area contributed by atoms with Gasteiger partial charge in [0, 0.05) is 0 Å². The summed E-state index contributed by atoms with van der Waals surface area (Å²) in [5.41, 5.74) is 1.69. The molecule has 2 nitrogen and oxygen atoms in total. The Morgan fingerprint density at radius 3 is 2.47 bits per heavy atom. The molecule has 0 atom stereocenters. The molecule has 0 amide bonds. The maximum Gasteiger partial charge on any atom is 0.335 e. The number of aryl methyl sites for hydroxylation is 1. The fourth-order valence-electron chi connectivity index (χ4n) is 2.34. The number of unbranched alkanes of at least 4 members (excludes halogenated alkanes) is 3. The smallest absolute Gasteiger partial charge is 0.335 e. The Hall–Kier alpha value is -1.83. The van der Waals surface area contributed by atoms with Crippen molar-refractivity contribution >= 4 is 16.7 Å². The lowest BCUT2D eigenvalue weighted by atomic mass is 10.0. The zero-order valence-corrected chi connectivity index (χ0v) is 11.4. The van der Waals surface area contributed by atoms with Gasteiger partial charge in [0.05, 0.1) is 5.56 Å². The van der Waals surface area contributed by atoms with Crippen LogP contribution in [0.25, 0.3) is 10.8 Å². The van der Waals surface area contributed by atoms with E-state index in [0.717, 1.165) is 17.2 Å². The summed E-state index contributed by atoms with van der Waals surface area (Å²) < 4.78 is 0. The second-order valence-corrected chi connectivity index (χ2v) is 5.01. The molecular weight excluding hydrogens is 236 g/mol. The molecule has 0 aliphatic heterocycles. The molecule has 2 aromatic carbocycles. The monoisotopic (exact) mass is 256 g/mol. The molecule has 0 aliphatic rings. The molecule has 0 unspecified atom stereocenters. The topological polar surface area (TPSA) is 37.3 Å². The molecule has 0 saturated carbocycles. The summed E-state index contributed by atoms with van der Waals surface area (Å²) in [6.45, 7) is 2.22. The van der Waals surface area contributed by atoms with Crippen molar-refractivity contribution in [3.05, 3.63) is 47.5 Å².